The number of ether oxygens (including phenoxy) is 3. The molecule has 5 rings (SSSR count). The van der Waals surface area contributed by atoms with Gasteiger partial charge in [-0.3, -0.25) is 19.6 Å². The molecule has 3 amide bonds. The van der Waals surface area contributed by atoms with Gasteiger partial charge >= 0.3 is 6.09 Å². The molecule has 1 aliphatic rings. The lowest BCUT2D eigenvalue weighted by Crippen LogP contribution is -2.50. The highest BCUT2D eigenvalue weighted by Gasteiger charge is 2.37. The Balaban J connectivity index is 1.16. The van der Waals surface area contributed by atoms with Gasteiger partial charge < -0.3 is 24.8 Å². The van der Waals surface area contributed by atoms with E-state index in [2.05, 4.69) is 22.8 Å². The van der Waals surface area contributed by atoms with E-state index in [0.29, 0.717) is 10.2 Å². The summed E-state index contributed by atoms with van der Waals surface area (Å²) in [4.78, 5) is 42.7. The van der Waals surface area contributed by atoms with E-state index in [-0.39, 0.29) is 69.1 Å². The first-order valence-corrected chi connectivity index (χ1v) is 18.9. The molecule has 14 nitrogen and oxygen atoms in total. The van der Waals surface area contributed by atoms with Crippen molar-refractivity contribution in [2.75, 3.05) is 46.6 Å². The smallest absolute Gasteiger partial charge is 0.407 e. The zero-order chi connectivity index (χ0) is 38.5. The third-order valence-electron chi connectivity index (χ3n) is 8.85. The molecule has 1 aliphatic carbocycles. The topological polar surface area (TPSA) is 182 Å². The Morgan fingerprint density at radius 3 is 2.00 bits per heavy atom. The van der Waals surface area contributed by atoms with E-state index < -0.39 is 28.1 Å². The van der Waals surface area contributed by atoms with Crippen molar-refractivity contribution in [2.24, 2.45) is 0 Å². The summed E-state index contributed by atoms with van der Waals surface area (Å²) in [5.41, 5.74) is 7.49. The molecular weight excluding hydrogens is 717 g/mol. The molecule has 15 heteroatoms. The van der Waals surface area contributed by atoms with Crippen LogP contribution in [0.4, 0.5) is 4.79 Å². The van der Waals surface area contributed by atoms with E-state index >= 15 is 0 Å². The number of hydroxylamine groups is 2. The summed E-state index contributed by atoms with van der Waals surface area (Å²) in [5, 5.41) is 14.7. The van der Waals surface area contributed by atoms with Crippen LogP contribution in [0.3, 0.4) is 0 Å². The fraction of sp³-hybridized carbons (Fsp3) is 0.308. The molecule has 4 aromatic rings. The van der Waals surface area contributed by atoms with E-state index in [1.54, 1.807) is 38.3 Å². The van der Waals surface area contributed by atoms with Crippen LogP contribution in [0, 0.1) is 0 Å². The van der Waals surface area contributed by atoms with Crippen LogP contribution in [0.15, 0.2) is 102 Å². The Labute approximate surface area is 314 Å². The molecule has 4 N–H and O–H groups in total. The number of carbonyl (C=O) groups is 3. The molecule has 0 saturated carbocycles. The highest BCUT2D eigenvalue weighted by atomic mass is 32.2. The average molecular weight is 761 g/mol. The first-order valence-electron chi connectivity index (χ1n) is 17.5. The van der Waals surface area contributed by atoms with Crippen LogP contribution in [0.2, 0.25) is 0 Å². The zero-order valence-electron chi connectivity index (χ0n) is 30.0. The molecule has 286 valence electrons. The van der Waals surface area contributed by atoms with Crippen molar-refractivity contribution in [3.63, 3.8) is 0 Å². The number of hydrogen-bond acceptors (Lipinski definition) is 10. The summed E-state index contributed by atoms with van der Waals surface area (Å²) >= 11 is 0. The fourth-order valence-electron chi connectivity index (χ4n) is 6.08. The van der Waals surface area contributed by atoms with Crippen LogP contribution < -0.4 is 20.9 Å². The van der Waals surface area contributed by atoms with E-state index in [4.69, 9.17) is 19.0 Å². The molecule has 0 fully saturated rings. The van der Waals surface area contributed by atoms with Crippen molar-refractivity contribution >= 4 is 27.9 Å². The summed E-state index contributed by atoms with van der Waals surface area (Å²) < 4.78 is 44.7. The lowest BCUT2D eigenvalue weighted by Gasteiger charge is -2.28. The summed E-state index contributed by atoms with van der Waals surface area (Å²) in [5.74, 6) is -0.776. The Hall–Kier alpha value is -5.32. The second-order valence-electron chi connectivity index (χ2n) is 12.2. The van der Waals surface area contributed by atoms with Gasteiger partial charge in [-0.1, -0.05) is 84.2 Å². The summed E-state index contributed by atoms with van der Waals surface area (Å²) in [6, 6.07) is 27.7. The summed E-state index contributed by atoms with van der Waals surface area (Å²) in [6.45, 7) is 1.46. The van der Waals surface area contributed by atoms with Gasteiger partial charge in [0.15, 0.2) is 0 Å². The predicted octanol–water partition coefficient (Wildman–Crippen LogP) is 4.63. The monoisotopic (exact) mass is 760 g/mol. The number of nitrogens with zero attached hydrogens (tertiary/aromatic N) is 1. The number of fused-ring (bicyclic) bond motifs is 3. The predicted molar refractivity (Wildman–Crippen MR) is 199 cm³/mol. The van der Waals surface area contributed by atoms with Gasteiger partial charge in [-0.15, -0.1) is 0 Å². The highest BCUT2D eigenvalue weighted by molar-refractivity contribution is 7.89. The number of methoxy groups -OCH3 is 1. The van der Waals surface area contributed by atoms with Gasteiger partial charge in [-0.05, 0) is 64.1 Å². The maximum Gasteiger partial charge on any atom is 0.407 e. The van der Waals surface area contributed by atoms with Crippen molar-refractivity contribution in [2.45, 2.75) is 36.6 Å². The lowest BCUT2D eigenvalue weighted by atomic mass is 9.98. The number of amides is 3. The SMILES string of the molecule is CCC(=O)NCC[C@H](C(=O)NO)N(OCCOCCNC(=O)OCC1c2ccccc2-c2ccccc21)S(=O)(=O)c1ccc(-c2ccc(OC)cc2)cc1. The number of nitrogens with one attached hydrogen (secondary N) is 3. The first-order chi connectivity index (χ1) is 26.2. The number of sulfonamides is 1. The van der Waals surface area contributed by atoms with Crippen molar-refractivity contribution in [1.29, 1.82) is 0 Å². The molecule has 1 atom stereocenters. The maximum atomic E-state index is 13.9. The van der Waals surface area contributed by atoms with Gasteiger partial charge in [0, 0.05) is 25.4 Å². The van der Waals surface area contributed by atoms with Crippen molar-refractivity contribution in [3.8, 4) is 28.0 Å². The number of hydrogen-bond donors (Lipinski definition) is 4. The fourth-order valence-corrected chi connectivity index (χ4v) is 7.51. The molecule has 0 radical (unpaired) electrons. The molecule has 0 saturated heterocycles. The van der Waals surface area contributed by atoms with Crippen LogP contribution in [0.5, 0.6) is 5.75 Å². The number of rotatable bonds is 19. The van der Waals surface area contributed by atoms with Crippen molar-refractivity contribution in [1.82, 2.24) is 20.6 Å². The van der Waals surface area contributed by atoms with Gasteiger partial charge in [0.25, 0.3) is 15.9 Å². The van der Waals surface area contributed by atoms with Crippen LogP contribution in [-0.2, 0) is 33.9 Å². The van der Waals surface area contributed by atoms with Gasteiger partial charge in [-0.25, -0.2) is 18.7 Å². The third-order valence-corrected chi connectivity index (χ3v) is 10.5. The van der Waals surface area contributed by atoms with Crippen LogP contribution in [0.25, 0.3) is 22.3 Å². The molecule has 54 heavy (non-hydrogen) atoms. The first kappa shape index (κ1) is 39.9. The molecule has 0 aromatic heterocycles. The minimum Gasteiger partial charge on any atom is -0.497 e. The highest BCUT2D eigenvalue weighted by Crippen LogP contribution is 2.44. The molecule has 4 aromatic carbocycles. The van der Waals surface area contributed by atoms with E-state index in [0.717, 1.165) is 33.4 Å². The normalized spacial score (nSPS) is 12.7. The average Bonchev–Trinajstić information content (AvgIpc) is 3.53. The Kier molecular flexibility index (Phi) is 14.1. The second kappa shape index (κ2) is 19.1. The molecule has 0 unspecified atom stereocenters. The number of alkyl carbamates (subject to hydrolysis) is 1. The van der Waals surface area contributed by atoms with Gasteiger partial charge in [0.1, 0.15) is 18.4 Å². The minimum absolute atomic E-state index is 0.0523. The largest absolute Gasteiger partial charge is 0.497 e. The molecular formula is C39H44N4O10S. The Morgan fingerprint density at radius 1 is 0.796 bits per heavy atom. The lowest BCUT2D eigenvalue weighted by molar-refractivity contribution is -0.159. The maximum absolute atomic E-state index is 13.9. The summed E-state index contributed by atoms with van der Waals surface area (Å²) in [6.07, 6.45) is -0.643. The van der Waals surface area contributed by atoms with E-state index in [1.165, 1.54) is 17.6 Å². The van der Waals surface area contributed by atoms with Crippen molar-refractivity contribution < 1.29 is 47.1 Å². The van der Waals surface area contributed by atoms with E-state index in [9.17, 15) is 28.0 Å². The van der Waals surface area contributed by atoms with Gasteiger partial charge in [-0.2, -0.15) is 0 Å². The van der Waals surface area contributed by atoms with Gasteiger partial charge in [0.2, 0.25) is 5.91 Å². The molecule has 0 aliphatic heterocycles. The Bertz CT molecular complexity index is 1950. The third kappa shape index (κ3) is 9.80. The van der Waals surface area contributed by atoms with Crippen molar-refractivity contribution in [3.05, 3.63) is 108 Å². The standard InChI is InChI=1S/C39H44N4O10S/c1-3-37(44)40-21-20-36(38(45)42-47)43(54(48,49)30-18-14-28(15-19-30)27-12-16-29(50-2)17-13-27)53-25-24-51-23-22-41-39(46)52-26-35-33-10-6-4-8-31(33)32-9-5-7-11-34(32)35/h4-19,35-36,47H,3,20-26H2,1-2H3,(H,40,44)(H,41,46)(H,42,45)/t36-/m1/s1. The molecule has 0 bridgehead atoms. The Morgan fingerprint density at radius 2 is 1.41 bits per heavy atom. The summed E-state index contributed by atoms with van der Waals surface area (Å²) in [7, 11) is -2.94. The van der Waals surface area contributed by atoms with Crippen LogP contribution in [0.1, 0.15) is 36.8 Å². The number of benzene rings is 4. The van der Waals surface area contributed by atoms with E-state index in [1.807, 2.05) is 48.5 Å². The zero-order valence-corrected chi connectivity index (χ0v) is 30.8. The van der Waals surface area contributed by atoms with Crippen LogP contribution >= 0.6 is 0 Å². The van der Waals surface area contributed by atoms with Gasteiger partial charge in [0.05, 0.1) is 31.8 Å². The minimum atomic E-state index is -4.50. The molecule has 0 spiro atoms. The second-order valence-corrected chi connectivity index (χ2v) is 14.0. The van der Waals surface area contributed by atoms with Crippen LogP contribution in [-0.4, -0.2) is 88.7 Å². The molecule has 0 heterocycles. The number of carbonyl (C=O) groups excluding carboxylic acids is 3. The quantitative estimate of drug-likeness (QED) is 0.0598.